The number of rotatable bonds is 5. The molecule has 1 saturated heterocycles. The predicted molar refractivity (Wildman–Crippen MR) is 66.6 cm³/mol. The third-order valence-electron chi connectivity index (χ3n) is 3.16. The molecule has 1 aliphatic rings. The van der Waals surface area contributed by atoms with E-state index < -0.39 is 0 Å². The smallest absolute Gasteiger partial charge is 0.241 e. The molecule has 1 rings (SSSR count). The largest absolute Gasteiger partial charge is 0.346 e. The zero-order valence-corrected chi connectivity index (χ0v) is 10.8. The molecule has 5 nitrogen and oxygen atoms in total. The van der Waals surface area contributed by atoms with Crippen molar-refractivity contribution in [3.8, 4) is 0 Å². The van der Waals surface area contributed by atoms with Crippen molar-refractivity contribution in [3.63, 3.8) is 0 Å². The highest BCUT2D eigenvalue weighted by atomic mass is 16.2. The van der Waals surface area contributed by atoms with Crippen LogP contribution in [0.1, 0.15) is 33.1 Å². The SMILES string of the molecule is CCN(CC)C(=O)CNC(=O)[C@@H]1CCCCN1. The van der Waals surface area contributed by atoms with E-state index >= 15 is 0 Å². The lowest BCUT2D eigenvalue weighted by atomic mass is 10.0. The number of nitrogens with zero attached hydrogens (tertiary/aromatic N) is 1. The predicted octanol–water partition coefficient (Wildman–Crippen LogP) is 0.113. The van der Waals surface area contributed by atoms with Crippen molar-refractivity contribution in [1.82, 2.24) is 15.5 Å². The van der Waals surface area contributed by atoms with Crippen molar-refractivity contribution in [2.24, 2.45) is 0 Å². The molecule has 1 aliphatic heterocycles. The Balaban J connectivity index is 2.29. The van der Waals surface area contributed by atoms with E-state index in [1.807, 2.05) is 13.8 Å². The minimum atomic E-state index is -0.117. The second-order valence-electron chi connectivity index (χ2n) is 4.29. The van der Waals surface area contributed by atoms with Gasteiger partial charge in [0, 0.05) is 13.1 Å². The molecule has 1 atom stereocenters. The molecule has 0 spiro atoms. The van der Waals surface area contributed by atoms with Crippen LogP contribution in [0.3, 0.4) is 0 Å². The van der Waals surface area contributed by atoms with Gasteiger partial charge in [-0.15, -0.1) is 0 Å². The maximum absolute atomic E-state index is 11.8. The van der Waals surface area contributed by atoms with Gasteiger partial charge in [0.15, 0.2) is 0 Å². The molecule has 1 heterocycles. The Morgan fingerprint density at radius 2 is 2.00 bits per heavy atom. The molecule has 2 N–H and O–H groups in total. The molecule has 0 aliphatic carbocycles. The van der Waals surface area contributed by atoms with Gasteiger partial charge in [-0.3, -0.25) is 9.59 Å². The average molecular weight is 241 g/mol. The van der Waals surface area contributed by atoms with Crippen LogP contribution in [0, 0.1) is 0 Å². The maximum atomic E-state index is 11.8. The van der Waals surface area contributed by atoms with Crippen molar-refractivity contribution in [1.29, 1.82) is 0 Å². The summed E-state index contributed by atoms with van der Waals surface area (Å²) in [6, 6.07) is -0.117. The summed E-state index contributed by atoms with van der Waals surface area (Å²) in [7, 11) is 0. The van der Waals surface area contributed by atoms with E-state index in [0.717, 1.165) is 25.8 Å². The first-order valence-electron chi connectivity index (χ1n) is 6.47. The number of carbonyl (C=O) groups is 2. The maximum Gasteiger partial charge on any atom is 0.241 e. The summed E-state index contributed by atoms with van der Waals surface area (Å²) in [4.78, 5) is 25.2. The van der Waals surface area contributed by atoms with E-state index in [0.29, 0.717) is 13.1 Å². The van der Waals surface area contributed by atoms with Gasteiger partial charge < -0.3 is 15.5 Å². The molecule has 0 unspecified atom stereocenters. The number of nitrogens with one attached hydrogen (secondary N) is 2. The molecule has 0 aromatic heterocycles. The third-order valence-corrected chi connectivity index (χ3v) is 3.16. The molecule has 0 radical (unpaired) electrons. The second kappa shape index (κ2) is 7.27. The van der Waals surface area contributed by atoms with Gasteiger partial charge in [-0.1, -0.05) is 6.42 Å². The lowest BCUT2D eigenvalue weighted by Gasteiger charge is -2.23. The monoisotopic (exact) mass is 241 g/mol. The van der Waals surface area contributed by atoms with E-state index in [2.05, 4.69) is 10.6 Å². The zero-order valence-electron chi connectivity index (χ0n) is 10.8. The number of hydrogen-bond acceptors (Lipinski definition) is 3. The molecule has 0 aromatic rings. The summed E-state index contributed by atoms with van der Waals surface area (Å²) >= 11 is 0. The van der Waals surface area contributed by atoms with E-state index in [-0.39, 0.29) is 24.4 Å². The Labute approximate surface area is 103 Å². The minimum Gasteiger partial charge on any atom is -0.346 e. The van der Waals surface area contributed by atoms with Crippen LogP contribution in [0.15, 0.2) is 0 Å². The van der Waals surface area contributed by atoms with Crippen LogP contribution in [0.2, 0.25) is 0 Å². The average Bonchev–Trinajstić information content (AvgIpc) is 2.38. The van der Waals surface area contributed by atoms with Crippen molar-refractivity contribution >= 4 is 11.8 Å². The normalized spacial score (nSPS) is 19.8. The Hall–Kier alpha value is -1.10. The lowest BCUT2D eigenvalue weighted by molar-refractivity contribution is -0.133. The van der Waals surface area contributed by atoms with Gasteiger partial charge in [0.25, 0.3) is 0 Å². The molecule has 0 bridgehead atoms. The van der Waals surface area contributed by atoms with Crippen LogP contribution in [0.5, 0.6) is 0 Å². The highest BCUT2D eigenvalue weighted by Gasteiger charge is 2.21. The third kappa shape index (κ3) is 4.34. The van der Waals surface area contributed by atoms with Gasteiger partial charge >= 0.3 is 0 Å². The molecule has 0 aromatic carbocycles. The van der Waals surface area contributed by atoms with Crippen molar-refractivity contribution < 1.29 is 9.59 Å². The number of hydrogen-bond donors (Lipinski definition) is 2. The molecule has 1 fully saturated rings. The Morgan fingerprint density at radius 3 is 2.53 bits per heavy atom. The van der Waals surface area contributed by atoms with E-state index in [1.54, 1.807) is 4.90 Å². The van der Waals surface area contributed by atoms with Gasteiger partial charge in [0.1, 0.15) is 0 Å². The molecule has 98 valence electrons. The summed E-state index contributed by atoms with van der Waals surface area (Å²) in [6.07, 6.45) is 3.07. The topological polar surface area (TPSA) is 61.4 Å². The van der Waals surface area contributed by atoms with Gasteiger partial charge in [-0.2, -0.15) is 0 Å². The lowest BCUT2D eigenvalue weighted by Crippen LogP contribution is -2.49. The van der Waals surface area contributed by atoms with Gasteiger partial charge in [-0.05, 0) is 33.2 Å². The molecule has 2 amide bonds. The van der Waals surface area contributed by atoms with Crippen LogP contribution in [-0.2, 0) is 9.59 Å². The fraction of sp³-hybridized carbons (Fsp3) is 0.833. The molecule has 0 saturated carbocycles. The first kappa shape index (κ1) is 14.0. The zero-order chi connectivity index (χ0) is 12.7. The molecule has 5 heteroatoms. The van der Waals surface area contributed by atoms with Crippen LogP contribution < -0.4 is 10.6 Å². The van der Waals surface area contributed by atoms with Crippen molar-refractivity contribution in [2.75, 3.05) is 26.2 Å². The van der Waals surface area contributed by atoms with Crippen LogP contribution in [0.4, 0.5) is 0 Å². The van der Waals surface area contributed by atoms with Gasteiger partial charge in [-0.25, -0.2) is 0 Å². The minimum absolute atomic E-state index is 0.0147. The van der Waals surface area contributed by atoms with E-state index in [4.69, 9.17) is 0 Å². The standard InChI is InChI=1S/C12H23N3O2/c1-3-15(4-2)11(16)9-14-12(17)10-7-5-6-8-13-10/h10,13H,3-9H2,1-2H3,(H,14,17)/t10-/m0/s1. The summed E-state index contributed by atoms with van der Waals surface area (Å²) in [6.45, 7) is 6.25. The quantitative estimate of drug-likeness (QED) is 0.718. The first-order valence-corrected chi connectivity index (χ1v) is 6.47. The fourth-order valence-electron chi connectivity index (χ4n) is 2.05. The van der Waals surface area contributed by atoms with Crippen LogP contribution in [0.25, 0.3) is 0 Å². The van der Waals surface area contributed by atoms with Crippen molar-refractivity contribution in [2.45, 2.75) is 39.2 Å². The Kier molecular flexibility index (Phi) is 5.97. The second-order valence-corrected chi connectivity index (χ2v) is 4.29. The highest BCUT2D eigenvalue weighted by molar-refractivity contribution is 5.87. The first-order chi connectivity index (χ1) is 8.19. The number of amides is 2. The summed E-state index contributed by atoms with van der Waals surface area (Å²) < 4.78 is 0. The Bertz CT molecular complexity index is 258. The molecular weight excluding hydrogens is 218 g/mol. The highest BCUT2D eigenvalue weighted by Crippen LogP contribution is 2.06. The molecule has 17 heavy (non-hydrogen) atoms. The number of carbonyl (C=O) groups excluding carboxylic acids is 2. The number of piperidine rings is 1. The van der Waals surface area contributed by atoms with Crippen LogP contribution >= 0.6 is 0 Å². The van der Waals surface area contributed by atoms with Gasteiger partial charge in [0.05, 0.1) is 12.6 Å². The summed E-state index contributed by atoms with van der Waals surface area (Å²) in [5.74, 6) is -0.0654. The van der Waals surface area contributed by atoms with Gasteiger partial charge in [0.2, 0.25) is 11.8 Å². The van der Waals surface area contributed by atoms with E-state index in [9.17, 15) is 9.59 Å². The summed E-state index contributed by atoms with van der Waals surface area (Å²) in [5.41, 5.74) is 0. The van der Waals surface area contributed by atoms with Crippen LogP contribution in [-0.4, -0.2) is 48.9 Å². The Morgan fingerprint density at radius 1 is 1.29 bits per heavy atom. The number of likely N-dealkylation sites (N-methyl/N-ethyl adjacent to an activating group) is 1. The molecular formula is C12H23N3O2. The fourth-order valence-corrected chi connectivity index (χ4v) is 2.05. The van der Waals surface area contributed by atoms with Crippen molar-refractivity contribution in [3.05, 3.63) is 0 Å². The summed E-state index contributed by atoms with van der Waals surface area (Å²) in [5, 5.41) is 5.87. The van der Waals surface area contributed by atoms with E-state index in [1.165, 1.54) is 0 Å².